The molecule has 2 fully saturated rings. The topological polar surface area (TPSA) is 69.7 Å². The Labute approximate surface area is 153 Å². The average Bonchev–Trinajstić information content (AvgIpc) is 2.90. The van der Waals surface area contributed by atoms with Crippen molar-refractivity contribution in [3.63, 3.8) is 0 Å². The summed E-state index contributed by atoms with van der Waals surface area (Å²) in [6.07, 6.45) is 6.63. The van der Waals surface area contributed by atoms with Crippen LogP contribution in [-0.2, 0) is 9.59 Å². The monoisotopic (exact) mass is 353 g/mol. The van der Waals surface area contributed by atoms with Crippen LogP contribution in [-0.4, -0.2) is 47.3 Å². The summed E-state index contributed by atoms with van der Waals surface area (Å²) >= 11 is 0. The first-order valence-corrected chi connectivity index (χ1v) is 8.90. The van der Waals surface area contributed by atoms with Crippen molar-refractivity contribution in [1.29, 1.82) is 0 Å². The maximum atomic E-state index is 12.5. The van der Waals surface area contributed by atoms with Gasteiger partial charge in [0.2, 0.25) is 5.91 Å². The van der Waals surface area contributed by atoms with E-state index in [1.807, 2.05) is 43.3 Å². The molecule has 0 aromatic heterocycles. The number of urea groups is 1. The number of carbonyl (C=O) groups is 3. The van der Waals surface area contributed by atoms with Gasteiger partial charge in [-0.05, 0) is 43.4 Å². The molecular weight excluding hydrogens is 330 g/mol. The van der Waals surface area contributed by atoms with E-state index in [-0.39, 0.29) is 18.1 Å². The fourth-order valence-electron chi connectivity index (χ4n) is 3.18. The fraction of sp³-hybridized carbons (Fsp3) is 0.350. The zero-order valence-corrected chi connectivity index (χ0v) is 14.9. The third-order valence-electron chi connectivity index (χ3n) is 4.53. The van der Waals surface area contributed by atoms with Gasteiger partial charge in [0.05, 0.1) is 0 Å². The van der Waals surface area contributed by atoms with Gasteiger partial charge >= 0.3 is 6.03 Å². The summed E-state index contributed by atoms with van der Waals surface area (Å²) in [6, 6.07) is 9.18. The Bertz CT molecular complexity index is 762. The van der Waals surface area contributed by atoms with E-state index in [2.05, 4.69) is 5.32 Å². The minimum atomic E-state index is -0.542. The summed E-state index contributed by atoms with van der Waals surface area (Å²) in [5.74, 6) is -0.632. The second-order valence-corrected chi connectivity index (χ2v) is 6.62. The van der Waals surface area contributed by atoms with Crippen LogP contribution in [0.4, 0.5) is 4.79 Å². The second-order valence-electron chi connectivity index (χ2n) is 6.62. The van der Waals surface area contributed by atoms with Crippen LogP contribution in [0.2, 0.25) is 0 Å². The highest BCUT2D eigenvalue weighted by molar-refractivity contribution is 6.13. The number of benzene rings is 1. The molecule has 0 saturated carbocycles. The zero-order valence-electron chi connectivity index (χ0n) is 14.9. The van der Waals surface area contributed by atoms with Crippen LogP contribution >= 0.6 is 0 Å². The van der Waals surface area contributed by atoms with Crippen molar-refractivity contribution in [2.45, 2.75) is 26.2 Å². The van der Waals surface area contributed by atoms with Gasteiger partial charge in [0.1, 0.15) is 12.2 Å². The first-order valence-electron chi connectivity index (χ1n) is 8.90. The van der Waals surface area contributed by atoms with Crippen molar-refractivity contribution < 1.29 is 14.4 Å². The summed E-state index contributed by atoms with van der Waals surface area (Å²) in [7, 11) is 0. The molecule has 4 amide bonds. The molecule has 2 aliphatic rings. The van der Waals surface area contributed by atoms with E-state index in [1.54, 1.807) is 11.0 Å². The molecule has 1 N–H and O–H groups in total. The number of carbonyl (C=O) groups excluding carboxylic acids is 3. The molecule has 0 radical (unpaired) electrons. The third kappa shape index (κ3) is 4.20. The minimum Gasteiger partial charge on any atom is -0.341 e. The second kappa shape index (κ2) is 7.99. The van der Waals surface area contributed by atoms with Crippen molar-refractivity contribution in [1.82, 2.24) is 15.1 Å². The molecule has 2 aliphatic heterocycles. The molecule has 0 aliphatic carbocycles. The van der Waals surface area contributed by atoms with E-state index in [0.29, 0.717) is 13.1 Å². The van der Waals surface area contributed by atoms with E-state index < -0.39 is 11.9 Å². The third-order valence-corrected chi connectivity index (χ3v) is 4.53. The minimum absolute atomic E-state index is 0.175. The van der Waals surface area contributed by atoms with Gasteiger partial charge in [-0.3, -0.25) is 9.59 Å². The van der Waals surface area contributed by atoms with Gasteiger partial charge < -0.3 is 10.2 Å². The predicted octanol–water partition coefficient (Wildman–Crippen LogP) is 2.54. The van der Waals surface area contributed by atoms with Gasteiger partial charge in [-0.25, -0.2) is 9.69 Å². The average molecular weight is 353 g/mol. The van der Waals surface area contributed by atoms with E-state index in [1.165, 1.54) is 0 Å². The molecule has 2 saturated heterocycles. The molecular formula is C20H23N3O3. The molecule has 1 aromatic rings. The lowest BCUT2D eigenvalue weighted by Crippen LogP contribution is -2.44. The van der Waals surface area contributed by atoms with Gasteiger partial charge in [-0.2, -0.15) is 0 Å². The Morgan fingerprint density at radius 3 is 2.50 bits per heavy atom. The van der Waals surface area contributed by atoms with Crippen LogP contribution in [0.3, 0.4) is 0 Å². The highest BCUT2D eigenvalue weighted by Crippen LogP contribution is 2.15. The Morgan fingerprint density at radius 2 is 1.81 bits per heavy atom. The summed E-state index contributed by atoms with van der Waals surface area (Å²) in [6.45, 7) is 3.05. The summed E-state index contributed by atoms with van der Waals surface area (Å²) in [4.78, 5) is 39.7. The van der Waals surface area contributed by atoms with Crippen molar-refractivity contribution >= 4 is 23.9 Å². The summed E-state index contributed by atoms with van der Waals surface area (Å²) < 4.78 is 0. The number of hydrogen-bond donors (Lipinski definition) is 1. The maximum absolute atomic E-state index is 12.5. The molecule has 136 valence electrons. The largest absolute Gasteiger partial charge is 0.341 e. The van der Waals surface area contributed by atoms with Gasteiger partial charge in [-0.15, -0.1) is 0 Å². The van der Waals surface area contributed by atoms with E-state index in [0.717, 1.165) is 35.3 Å². The first kappa shape index (κ1) is 17.9. The van der Waals surface area contributed by atoms with Gasteiger partial charge in [0, 0.05) is 13.1 Å². The number of hydrogen-bond acceptors (Lipinski definition) is 3. The Kier molecular flexibility index (Phi) is 5.51. The lowest BCUT2D eigenvalue weighted by Gasteiger charge is -2.27. The lowest BCUT2D eigenvalue weighted by molar-refractivity contribution is -0.136. The van der Waals surface area contributed by atoms with Gasteiger partial charge in [0.15, 0.2) is 0 Å². The predicted molar refractivity (Wildman–Crippen MR) is 98.9 cm³/mol. The lowest BCUT2D eigenvalue weighted by atomic mass is 10.1. The molecule has 1 aromatic carbocycles. The standard InChI is InChI=1S/C20H23N3O3/c1-15(12-16-8-4-2-5-9-16)13-17-19(25)23(20(26)21-17)14-18(24)22-10-6-3-7-11-22/h2,4-5,8-9,12-13H,3,6-7,10-11,14H2,1H3,(H,21,26)/b15-12+,17-13-. The molecule has 0 bridgehead atoms. The smallest absolute Gasteiger partial charge is 0.329 e. The number of amides is 4. The van der Waals surface area contributed by atoms with Crippen LogP contribution < -0.4 is 5.32 Å². The molecule has 0 unspecified atom stereocenters. The number of piperidine rings is 1. The number of nitrogens with zero attached hydrogens (tertiary/aromatic N) is 2. The van der Waals surface area contributed by atoms with Gasteiger partial charge in [-0.1, -0.05) is 36.4 Å². The number of nitrogens with one attached hydrogen (secondary N) is 1. The first-order chi connectivity index (χ1) is 12.5. The quantitative estimate of drug-likeness (QED) is 0.668. The van der Waals surface area contributed by atoms with Crippen LogP contribution in [0.1, 0.15) is 31.7 Å². The maximum Gasteiger partial charge on any atom is 0.329 e. The molecule has 6 heteroatoms. The Morgan fingerprint density at radius 1 is 1.12 bits per heavy atom. The SMILES string of the molecule is CC(/C=C1\NC(=O)N(CC(=O)N2CCCCC2)C1=O)=C\c1ccccc1. The molecule has 6 nitrogen and oxygen atoms in total. The fourth-order valence-corrected chi connectivity index (χ4v) is 3.18. The van der Waals surface area contributed by atoms with E-state index in [9.17, 15) is 14.4 Å². The number of allylic oxidation sites excluding steroid dienone is 2. The summed E-state index contributed by atoms with van der Waals surface area (Å²) in [5, 5.41) is 2.57. The van der Waals surface area contributed by atoms with Crippen molar-refractivity contribution in [3.05, 3.63) is 53.2 Å². The van der Waals surface area contributed by atoms with Crippen LogP contribution in [0, 0.1) is 0 Å². The van der Waals surface area contributed by atoms with Crippen molar-refractivity contribution in [3.8, 4) is 0 Å². The molecule has 0 spiro atoms. The Balaban J connectivity index is 1.68. The van der Waals surface area contributed by atoms with Crippen LogP contribution in [0.5, 0.6) is 0 Å². The number of likely N-dealkylation sites (tertiary alicyclic amines) is 1. The highest BCUT2D eigenvalue weighted by atomic mass is 16.2. The molecule has 0 atom stereocenters. The number of rotatable bonds is 4. The van der Waals surface area contributed by atoms with Crippen molar-refractivity contribution in [2.75, 3.05) is 19.6 Å². The summed E-state index contributed by atoms with van der Waals surface area (Å²) in [5.41, 5.74) is 2.05. The molecule has 26 heavy (non-hydrogen) atoms. The highest BCUT2D eigenvalue weighted by Gasteiger charge is 2.35. The van der Waals surface area contributed by atoms with Crippen molar-refractivity contribution in [2.24, 2.45) is 0 Å². The van der Waals surface area contributed by atoms with E-state index >= 15 is 0 Å². The normalized spacial score (nSPS) is 19.9. The van der Waals surface area contributed by atoms with Gasteiger partial charge in [0.25, 0.3) is 5.91 Å². The van der Waals surface area contributed by atoms with E-state index in [4.69, 9.17) is 0 Å². The number of imide groups is 1. The zero-order chi connectivity index (χ0) is 18.5. The molecule has 2 heterocycles. The molecule has 3 rings (SSSR count). The Hall–Kier alpha value is -2.89. The van der Waals surface area contributed by atoms with Crippen LogP contribution in [0.25, 0.3) is 6.08 Å². The van der Waals surface area contributed by atoms with Crippen LogP contribution in [0.15, 0.2) is 47.7 Å².